The molecule has 2 aromatic heterocycles. The van der Waals surface area contributed by atoms with Crippen LogP contribution in [-0.2, 0) is 11.3 Å². The number of imidazole rings is 1. The van der Waals surface area contributed by atoms with Crippen LogP contribution in [0.25, 0.3) is 11.0 Å². The molecule has 0 saturated carbocycles. The van der Waals surface area contributed by atoms with Crippen LogP contribution in [-0.4, -0.2) is 39.6 Å². The van der Waals surface area contributed by atoms with Crippen molar-refractivity contribution in [2.45, 2.75) is 32.4 Å². The lowest BCUT2D eigenvalue weighted by molar-refractivity contribution is -0.122. The van der Waals surface area contributed by atoms with Gasteiger partial charge in [0.15, 0.2) is 0 Å². The molecule has 1 aromatic carbocycles. The first-order valence-electron chi connectivity index (χ1n) is 9.07. The van der Waals surface area contributed by atoms with Crippen molar-refractivity contribution in [2.24, 2.45) is 0 Å². The normalized spacial score (nSPS) is 17.4. The van der Waals surface area contributed by atoms with E-state index in [-0.39, 0.29) is 11.9 Å². The topological polar surface area (TPSA) is 63.1 Å². The van der Waals surface area contributed by atoms with E-state index in [1.807, 2.05) is 54.0 Å². The summed E-state index contributed by atoms with van der Waals surface area (Å²) in [6.07, 6.45) is 3.78. The van der Waals surface area contributed by atoms with E-state index in [0.29, 0.717) is 6.54 Å². The Morgan fingerprint density at radius 2 is 2.12 bits per heavy atom. The molecule has 0 radical (unpaired) electrons. The van der Waals surface area contributed by atoms with Crippen LogP contribution in [0.3, 0.4) is 0 Å². The van der Waals surface area contributed by atoms with Crippen LogP contribution in [0.5, 0.6) is 0 Å². The number of carbonyl (C=O) groups is 1. The van der Waals surface area contributed by atoms with Crippen LogP contribution >= 0.6 is 0 Å². The number of carbonyl (C=O) groups excluding carboxylic acids is 1. The minimum atomic E-state index is 0.0252. The molecule has 1 unspecified atom stereocenters. The third kappa shape index (κ3) is 3.54. The lowest BCUT2D eigenvalue weighted by Gasteiger charge is -2.34. The maximum Gasteiger partial charge on any atom is 0.240 e. The number of amides is 1. The minimum Gasteiger partial charge on any atom is -0.355 e. The highest BCUT2D eigenvalue weighted by atomic mass is 16.2. The monoisotopic (exact) mass is 349 g/mol. The molecule has 3 heterocycles. The molecule has 1 saturated heterocycles. The second-order valence-corrected chi connectivity index (χ2v) is 6.85. The van der Waals surface area contributed by atoms with Gasteiger partial charge in [-0.2, -0.15) is 0 Å². The molecule has 4 rings (SSSR count). The highest BCUT2D eigenvalue weighted by Gasteiger charge is 2.22. The highest BCUT2D eigenvalue weighted by Crippen LogP contribution is 2.18. The Hall–Kier alpha value is -2.89. The van der Waals surface area contributed by atoms with Crippen molar-refractivity contribution in [1.82, 2.24) is 19.9 Å². The van der Waals surface area contributed by atoms with Crippen LogP contribution in [0.4, 0.5) is 5.82 Å². The third-order valence-corrected chi connectivity index (χ3v) is 4.83. The molecule has 3 aromatic rings. The van der Waals surface area contributed by atoms with Gasteiger partial charge in [-0.1, -0.05) is 18.2 Å². The molecule has 6 nitrogen and oxygen atoms in total. The van der Waals surface area contributed by atoms with Crippen molar-refractivity contribution in [1.29, 1.82) is 0 Å². The van der Waals surface area contributed by atoms with E-state index < -0.39 is 0 Å². The standard InChI is InChI=1S/C20H23N5O/c1-15-6-4-10-19(22-15)24-11-5-7-16(12-24)23-20(26)13-25-14-21-17-8-2-3-9-18(17)25/h2-4,6,8-10,14,16H,5,7,11-13H2,1H3,(H,23,26). The van der Waals surface area contributed by atoms with Crippen molar-refractivity contribution in [3.05, 3.63) is 54.5 Å². The number of anilines is 1. The number of aromatic nitrogens is 3. The zero-order chi connectivity index (χ0) is 17.9. The lowest BCUT2D eigenvalue weighted by atomic mass is 10.1. The average Bonchev–Trinajstić information content (AvgIpc) is 3.05. The lowest BCUT2D eigenvalue weighted by Crippen LogP contribution is -2.48. The van der Waals surface area contributed by atoms with Gasteiger partial charge in [0.05, 0.1) is 17.4 Å². The second kappa shape index (κ2) is 7.15. The fourth-order valence-corrected chi connectivity index (χ4v) is 3.57. The predicted octanol–water partition coefficient (Wildman–Crippen LogP) is 2.52. The van der Waals surface area contributed by atoms with Gasteiger partial charge in [-0.15, -0.1) is 0 Å². The number of para-hydroxylation sites is 2. The molecule has 1 fully saturated rings. The van der Waals surface area contributed by atoms with E-state index >= 15 is 0 Å². The number of fused-ring (bicyclic) bond motifs is 1. The van der Waals surface area contributed by atoms with Gasteiger partial charge in [0, 0.05) is 24.8 Å². The maximum atomic E-state index is 12.5. The van der Waals surface area contributed by atoms with Crippen LogP contribution in [0.15, 0.2) is 48.8 Å². The maximum absolute atomic E-state index is 12.5. The van der Waals surface area contributed by atoms with Crippen molar-refractivity contribution in [2.75, 3.05) is 18.0 Å². The zero-order valence-corrected chi connectivity index (χ0v) is 14.9. The van der Waals surface area contributed by atoms with Gasteiger partial charge in [-0.05, 0) is 44.0 Å². The van der Waals surface area contributed by atoms with Crippen molar-refractivity contribution in [3.63, 3.8) is 0 Å². The first kappa shape index (κ1) is 16.6. The van der Waals surface area contributed by atoms with E-state index in [0.717, 1.165) is 48.5 Å². The molecule has 134 valence electrons. The van der Waals surface area contributed by atoms with Gasteiger partial charge in [0.2, 0.25) is 5.91 Å². The Bertz CT molecular complexity index is 919. The fourth-order valence-electron chi connectivity index (χ4n) is 3.57. The molecule has 0 spiro atoms. The third-order valence-electron chi connectivity index (χ3n) is 4.83. The SMILES string of the molecule is Cc1cccc(N2CCCC(NC(=O)Cn3cnc4ccccc43)C2)n1. The van der Waals surface area contributed by atoms with Gasteiger partial charge in [0.1, 0.15) is 12.4 Å². The average molecular weight is 349 g/mol. The first-order valence-corrected chi connectivity index (χ1v) is 9.07. The van der Waals surface area contributed by atoms with E-state index in [1.54, 1.807) is 6.33 Å². The second-order valence-electron chi connectivity index (χ2n) is 6.85. The fraction of sp³-hybridized carbons (Fsp3) is 0.350. The zero-order valence-electron chi connectivity index (χ0n) is 14.9. The van der Waals surface area contributed by atoms with Gasteiger partial charge in [-0.25, -0.2) is 9.97 Å². The summed E-state index contributed by atoms with van der Waals surface area (Å²) in [5.74, 6) is 1.02. The van der Waals surface area contributed by atoms with Crippen molar-refractivity contribution >= 4 is 22.8 Å². The molecule has 1 amide bonds. The van der Waals surface area contributed by atoms with E-state index in [9.17, 15) is 4.79 Å². The number of nitrogens with zero attached hydrogens (tertiary/aromatic N) is 4. The Balaban J connectivity index is 1.39. The number of aryl methyl sites for hydroxylation is 1. The molecular weight excluding hydrogens is 326 g/mol. The number of nitrogens with one attached hydrogen (secondary N) is 1. The quantitative estimate of drug-likeness (QED) is 0.786. The van der Waals surface area contributed by atoms with Gasteiger partial charge < -0.3 is 14.8 Å². The van der Waals surface area contributed by atoms with Crippen molar-refractivity contribution < 1.29 is 4.79 Å². The summed E-state index contributed by atoms with van der Waals surface area (Å²) < 4.78 is 1.90. The smallest absolute Gasteiger partial charge is 0.240 e. The first-order chi connectivity index (χ1) is 12.7. The summed E-state index contributed by atoms with van der Waals surface area (Å²) in [5.41, 5.74) is 2.91. The number of piperidine rings is 1. The Kier molecular flexibility index (Phi) is 4.56. The van der Waals surface area contributed by atoms with Crippen LogP contribution < -0.4 is 10.2 Å². The number of hydrogen-bond donors (Lipinski definition) is 1. The predicted molar refractivity (Wildman–Crippen MR) is 102 cm³/mol. The molecule has 1 N–H and O–H groups in total. The summed E-state index contributed by atoms with van der Waals surface area (Å²) in [5, 5.41) is 3.18. The molecule has 1 aliphatic heterocycles. The Morgan fingerprint density at radius 1 is 1.23 bits per heavy atom. The molecule has 1 atom stereocenters. The number of benzene rings is 1. The minimum absolute atomic E-state index is 0.0252. The number of pyridine rings is 1. The van der Waals surface area contributed by atoms with Crippen LogP contribution in [0.1, 0.15) is 18.5 Å². The Labute approximate surface area is 152 Å². The molecule has 26 heavy (non-hydrogen) atoms. The van der Waals surface area contributed by atoms with E-state index in [2.05, 4.69) is 20.2 Å². The summed E-state index contributed by atoms with van der Waals surface area (Å²) in [7, 11) is 0. The van der Waals surface area contributed by atoms with Crippen LogP contribution in [0.2, 0.25) is 0 Å². The molecule has 0 aliphatic carbocycles. The summed E-state index contributed by atoms with van der Waals surface area (Å²) in [6.45, 7) is 4.07. The number of hydrogen-bond acceptors (Lipinski definition) is 4. The molecule has 0 bridgehead atoms. The van der Waals surface area contributed by atoms with E-state index in [1.165, 1.54) is 0 Å². The number of rotatable bonds is 4. The van der Waals surface area contributed by atoms with Gasteiger partial charge in [-0.3, -0.25) is 4.79 Å². The Morgan fingerprint density at radius 3 is 3.00 bits per heavy atom. The molecule has 1 aliphatic rings. The van der Waals surface area contributed by atoms with Gasteiger partial charge >= 0.3 is 0 Å². The molecular formula is C20H23N5O. The summed E-state index contributed by atoms with van der Waals surface area (Å²) >= 11 is 0. The van der Waals surface area contributed by atoms with Crippen molar-refractivity contribution in [3.8, 4) is 0 Å². The molecule has 6 heteroatoms. The highest BCUT2D eigenvalue weighted by molar-refractivity contribution is 5.80. The van der Waals surface area contributed by atoms with Crippen LogP contribution in [0, 0.1) is 6.92 Å². The largest absolute Gasteiger partial charge is 0.355 e. The summed E-state index contributed by atoms with van der Waals surface area (Å²) in [6, 6.07) is 14.1. The van der Waals surface area contributed by atoms with E-state index in [4.69, 9.17) is 0 Å². The summed E-state index contributed by atoms with van der Waals surface area (Å²) in [4.78, 5) is 23.7. The van der Waals surface area contributed by atoms with Gasteiger partial charge in [0.25, 0.3) is 0 Å².